The van der Waals surface area contributed by atoms with E-state index in [9.17, 15) is 29.4 Å². The molecule has 0 bridgehead atoms. The van der Waals surface area contributed by atoms with E-state index < -0.39 is 47.5 Å². The fraction of sp³-hybridized carbons (Fsp3) is 0.568. The van der Waals surface area contributed by atoms with Crippen LogP contribution in [0, 0.1) is 11.8 Å². The maximum atomic E-state index is 13.0. The molecule has 0 amide bonds. The van der Waals surface area contributed by atoms with Crippen molar-refractivity contribution in [2.75, 3.05) is 7.11 Å². The third-order valence-corrected chi connectivity index (χ3v) is 8.78. The van der Waals surface area contributed by atoms with Crippen LogP contribution in [0.1, 0.15) is 86.0 Å². The highest BCUT2D eigenvalue weighted by Crippen LogP contribution is 2.48. The lowest BCUT2D eigenvalue weighted by Crippen LogP contribution is -2.59. The van der Waals surface area contributed by atoms with E-state index in [2.05, 4.69) is 11.7 Å². The zero-order valence-electron chi connectivity index (χ0n) is 28.9. The maximum Gasteiger partial charge on any atom is 0.331 e. The number of methoxy groups -OCH3 is 1. The van der Waals surface area contributed by atoms with E-state index in [0.717, 1.165) is 49.1 Å². The summed E-state index contributed by atoms with van der Waals surface area (Å²) in [6.07, 6.45) is 17.6. The van der Waals surface area contributed by atoms with E-state index in [1.54, 1.807) is 38.2 Å². The fourth-order valence-electron chi connectivity index (χ4n) is 5.76. The van der Waals surface area contributed by atoms with Crippen molar-refractivity contribution in [1.82, 2.24) is 0 Å². The minimum Gasteiger partial charge on any atom is -0.478 e. The molecule has 48 heavy (non-hydrogen) atoms. The molecular weight excluding hydrogens is 620 g/mol. The number of ether oxygens (including phenoxy) is 4. The van der Waals surface area contributed by atoms with Crippen molar-refractivity contribution in [1.29, 1.82) is 0 Å². The van der Waals surface area contributed by atoms with Crippen LogP contribution in [-0.2, 0) is 38.1 Å². The summed E-state index contributed by atoms with van der Waals surface area (Å²) >= 11 is 0. The van der Waals surface area contributed by atoms with Crippen molar-refractivity contribution in [3.05, 3.63) is 71.9 Å². The van der Waals surface area contributed by atoms with Crippen LogP contribution in [0.3, 0.4) is 0 Å². The molecule has 0 aromatic rings. The molecule has 11 nitrogen and oxygen atoms in total. The minimum absolute atomic E-state index is 0.184. The lowest BCUT2D eigenvalue weighted by molar-refractivity contribution is -0.344. The second kappa shape index (κ2) is 19.3. The number of allylic oxidation sites excluding steroid dienone is 4. The van der Waals surface area contributed by atoms with Crippen LogP contribution in [0.2, 0.25) is 0 Å². The molecule has 2 heterocycles. The summed E-state index contributed by atoms with van der Waals surface area (Å²) in [7, 11) is 1.21. The number of rotatable bonds is 16. The highest BCUT2D eigenvalue weighted by atomic mass is 16.7. The largest absolute Gasteiger partial charge is 0.478 e. The van der Waals surface area contributed by atoms with E-state index >= 15 is 0 Å². The Balaban J connectivity index is 2.33. The van der Waals surface area contributed by atoms with Crippen LogP contribution in [0.4, 0.5) is 0 Å². The number of carboxylic acids is 2. The number of esters is 2. The number of carbonyl (C=O) groups is 4. The molecule has 11 heteroatoms. The highest BCUT2D eigenvalue weighted by molar-refractivity contribution is 5.91. The monoisotopic (exact) mass is 672 g/mol. The Morgan fingerprint density at radius 2 is 1.62 bits per heavy atom. The number of unbranched alkanes of at least 4 members (excludes halogenated alkanes) is 1. The molecule has 0 saturated carbocycles. The second-order valence-electron chi connectivity index (χ2n) is 12.7. The third-order valence-electron chi connectivity index (χ3n) is 8.78. The summed E-state index contributed by atoms with van der Waals surface area (Å²) in [5, 5.41) is 28.4. The average molecular weight is 673 g/mol. The topological polar surface area (TPSA) is 166 Å². The van der Waals surface area contributed by atoms with Gasteiger partial charge in [0.25, 0.3) is 0 Å². The first-order chi connectivity index (χ1) is 22.6. The number of aliphatic hydroxyl groups excluding tert-OH is 1. The van der Waals surface area contributed by atoms with Gasteiger partial charge in [0.05, 0.1) is 19.3 Å². The van der Waals surface area contributed by atoms with Gasteiger partial charge in [0.2, 0.25) is 0 Å². The number of hydrogen-bond acceptors (Lipinski definition) is 9. The van der Waals surface area contributed by atoms with Crippen LogP contribution < -0.4 is 0 Å². The van der Waals surface area contributed by atoms with Gasteiger partial charge in [0.15, 0.2) is 5.79 Å². The standard InChI is InChI=1S/C37H52O11/c1-7-8-20-36(48-35(44)18-17-34(43)45-6)22-23-37(47-31(36)15-11-26(3)24-33(41)42)21-19-28(5)30(46-37)14-10-25(2)9-13-29(38)27(4)12-16-32(39)40/h9-13,15-18,24,27-31,38H,7-8,14,19-23H2,1-6H3,(H,39,40)(H,41,42). The Morgan fingerprint density at radius 3 is 2.27 bits per heavy atom. The first kappa shape index (κ1) is 40.4. The van der Waals surface area contributed by atoms with Gasteiger partial charge in [-0.25, -0.2) is 19.2 Å². The van der Waals surface area contributed by atoms with Crippen LogP contribution in [0.5, 0.6) is 0 Å². The first-order valence-electron chi connectivity index (χ1n) is 16.5. The maximum absolute atomic E-state index is 13.0. The second-order valence-corrected chi connectivity index (χ2v) is 12.7. The van der Waals surface area contributed by atoms with E-state index in [-0.39, 0.29) is 17.9 Å². The van der Waals surface area contributed by atoms with Crippen molar-refractivity contribution in [3.8, 4) is 0 Å². The summed E-state index contributed by atoms with van der Waals surface area (Å²) in [6.45, 7) is 9.46. The number of aliphatic carboxylic acids is 2. The van der Waals surface area contributed by atoms with Gasteiger partial charge in [-0.3, -0.25) is 0 Å². The summed E-state index contributed by atoms with van der Waals surface area (Å²) in [5.41, 5.74) is 0.309. The van der Waals surface area contributed by atoms with Crippen LogP contribution in [-0.4, -0.2) is 76.0 Å². The van der Waals surface area contributed by atoms with E-state index in [0.29, 0.717) is 37.7 Å². The smallest absolute Gasteiger partial charge is 0.331 e. The Bertz CT molecular complexity index is 1310. The molecular formula is C37H52O11. The molecule has 266 valence electrons. The Kier molecular flexibility index (Phi) is 16.2. The van der Waals surface area contributed by atoms with Crippen LogP contribution in [0.25, 0.3) is 0 Å². The molecule has 0 radical (unpaired) electrons. The number of aliphatic hydroxyl groups is 1. The van der Waals surface area contributed by atoms with Gasteiger partial charge in [0, 0.05) is 43.1 Å². The van der Waals surface area contributed by atoms with Gasteiger partial charge < -0.3 is 34.3 Å². The first-order valence-corrected chi connectivity index (χ1v) is 16.5. The number of carboxylic acid groups (broad SMARTS) is 2. The van der Waals surface area contributed by atoms with Crippen molar-refractivity contribution >= 4 is 23.9 Å². The molecule has 2 rings (SSSR count). The molecule has 0 aromatic heterocycles. The molecule has 0 aromatic carbocycles. The lowest BCUT2D eigenvalue weighted by atomic mass is 9.78. The average Bonchev–Trinajstić information content (AvgIpc) is 3.04. The lowest BCUT2D eigenvalue weighted by Gasteiger charge is -2.53. The Labute approximate surface area is 283 Å². The van der Waals surface area contributed by atoms with Crippen molar-refractivity contribution in [2.45, 2.75) is 116 Å². The zero-order valence-corrected chi connectivity index (χ0v) is 28.9. The summed E-state index contributed by atoms with van der Waals surface area (Å²) in [5.74, 6) is -4.65. The summed E-state index contributed by atoms with van der Waals surface area (Å²) in [6, 6.07) is 0. The predicted molar refractivity (Wildman–Crippen MR) is 180 cm³/mol. The molecule has 2 aliphatic heterocycles. The van der Waals surface area contributed by atoms with E-state index in [1.165, 1.54) is 13.2 Å². The minimum atomic E-state index is -1.08. The Hall–Kier alpha value is -3.80. The van der Waals surface area contributed by atoms with Gasteiger partial charge in [-0.05, 0) is 57.4 Å². The van der Waals surface area contributed by atoms with Gasteiger partial charge in [-0.15, -0.1) is 0 Å². The van der Waals surface area contributed by atoms with Gasteiger partial charge in [-0.1, -0.05) is 69.2 Å². The Morgan fingerprint density at radius 1 is 0.917 bits per heavy atom. The molecule has 3 N–H and O–H groups in total. The number of carbonyl (C=O) groups excluding carboxylic acids is 2. The molecule has 1 spiro atoms. The van der Waals surface area contributed by atoms with Crippen molar-refractivity contribution in [3.63, 3.8) is 0 Å². The molecule has 0 aliphatic carbocycles. The quantitative estimate of drug-likeness (QED) is 0.100. The molecule has 2 fully saturated rings. The van der Waals surface area contributed by atoms with E-state index in [1.807, 2.05) is 19.9 Å². The fourth-order valence-corrected chi connectivity index (χ4v) is 5.76. The molecule has 7 atom stereocenters. The van der Waals surface area contributed by atoms with E-state index in [4.69, 9.17) is 19.3 Å². The van der Waals surface area contributed by atoms with Crippen LogP contribution >= 0.6 is 0 Å². The van der Waals surface area contributed by atoms with Crippen LogP contribution in [0.15, 0.2) is 71.9 Å². The van der Waals surface area contributed by atoms with Gasteiger partial charge >= 0.3 is 23.9 Å². The van der Waals surface area contributed by atoms with Crippen molar-refractivity contribution in [2.24, 2.45) is 11.8 Å². The zero-order chi connectivity index (χ0) is 35.9. The summed E-state index contributed by atoms with van der Waals surface area (Å²) < 4.78 is 24.2. The predicted octanol–water partition coefficient (Wildman–Crippen LogP) is 6.00. The molecule has 2 aliphatic rings. The SMILES string of the molecule is CCCCC1(OC(=O)C=CC(=O)OC)CCC2(CCC(C)C(CC=C(C)C=CC(O)C(C)C=CC(=O)O)O2)OC1C=CC(C)=CC(=O)O. The summed E-state index contributed by atoms with van der Waals surface area (Å²) in [4.78, 5) is 46.6. The van der Waals surface area contributed by atoms with Gasteiger partial charge in [-0.2, -0.15) is 0 Å². The van der Waals surface area contributed by atoms with Gasteiger partial charge in [0.1, 0.15) is 11.7 Å². The molecule has 7 unspecified atom stereocenters. The normalized spacial score (nSPS) is 28.4. The molecule has 2 saturated heterocycles. The third kappa shape index (κ3) is 13.0. The highest BCUT2D eigenvalue weighted by Gasteiger charge is 2.54. The number of hydrogen-bond donors (Lipinski definition) is 3. The van der Waals surface area contributed by atoms with Crippen molar-refractivity contribution < 1.29 is 53.4 Å².